The summed E-state index contributed by atoms with van der Waals surface area (Å²) >= 11 is 0. The molecule has 0 unspecified atom stereocenters. The molecule has 4 aromatic rings. The number of para-hydroxylation sites is 1. The normalized spacial score (nSPS) is 10.9. The molecule has 7 heteroatoms. The van der Waals surface area contributed by atoms with Crippen molar-refractivity contribution < 1.29 is 10.2 Å². The number of aromatic nitrogens is 1. The molecule has 0 radical (unpaired) electrons. The number of azo groups is 1. The molecule has 4 rings (SSSR count). The van der Waals surface area contributed by atoms with Crippen LogP contribution in [0.15, 0.2) is 93.9 Å². The number of pyridine rings is 1. The molecular weight excluding hydrogens is 416 g/mol. The molecule has 0 aliphatic heterocycles. The van der Waals surface area contributed by atoms with Gasteiger partial charge in [-0.2, -0.15) is 0 Å². The molecule has 0 atom stereocenters. The maximum absolute atomic E-state index is 13.2. The fourth-order valence-corrected chi connectivity index (χ4v) is 3.46. The number of rotatable bonds is 5. The molecule has 0 saturated carbocycles. The van der Waals surface area contributed by atoms with E-state index in [9.17, 15) is 15.0 Å². The third-order valence-corrected chi connectivity index (χ3v) is 5.28. The largest absolute Gasteiger partial charge is 0.506 e. The van der Waals surface area contributed by atoms with Crippen LogP contribution in [0.25, 0.3) is 16.0 Å². The lowest BCUT2D eigenvalue weighted by Crippen LogP contribution is -2.21. The van der Waals surface area contributed by atoms with Crippen LogP contribution >= 0.6 is 0 Å². The lowest BCUT2D eigenvalue weighted by molar-refractivity contribution is 0.418. The van der Waals surface area contributed by atoms with E-state index < -0.39 is 11.4 Å². The Labute approximate surface area is 190 Å². The zero-order valence-corrected chi connectivity index (χ0v) is 17.8. The Bertz CT molecular complexity index is 1430. The first-order valence-corrected chi connectivity index (χ1v) is 10.2. The van der Waals surface area contributed by atoms with Gasteiger partial charge in [0.1, 0.15) is 17.1 Å². The van der Waals surface area contributed by atoms with Gasteiger partial charge in [-0.3, -0.25) is 9.36 Å². The van der Waals surface area contributed by atoms with Crippen LogP contribution in [0.1, 0.15) is 11.1 Å². The smallest absolute Gasteiger partial charge is 0.279 e. The lowest BCUT2D eigenvalue weighted by Gasteiger charge is -2.14. The van der Waals surface area contributed by atoms with Gasteiger partial charge in [0.05, 0.1) is 13.1 Å². The molecule has 0 aliphatic carbocycles. The van der Waals surface area contributed by atoms with Crippen molar-refractivity contribution in [1.82, 2.24) is 4.57 Å². The number of phenols is 1. The number of hydrogen-bond acceptors (Lipinski definition) is 5. The van der Waals surface area contributed by atoms with Gasteiger partial charge in [0, 0.05) is 0 Å². The van der Waals surface area contributed by atoms with Crippen LogP contribution in [0, 0.1) is 13.5 Å². The first-order chi connectivity index (χ1) is 16.0. The van der Waals surface area contributed by atoms with E-state index in [2.05, 4.69) is 15.1 Å². The van der Waals surface area contributed by atoms with Crippen LogP contribution in [-0.2, 0) is 6.54 Å². The molecule has 0 fully saturated rings. The average molecular weight is 436 g/mol. The zero-order valence-electron chi connectivity index (χ0n) is 17.8. The summed E-state index contributed by atoms with van der Waals surface area (Å²) in [5.74, 6) is -0.497. The highest BCUT2D eigenvalue weighted by Crippen LogP contribution is 2.35. The van der Waals surface area contributed by atoms with Crippen molar-refractivity contribution in [3.05, 3.63) is 112 Å². The molecule has 0 amide bonds. The van der Waals surface area contributed by atoms with Gasteiger partial charge in [0.15, 0.2) is 5.88 Å². The SMILES string of the molecule is [C-]#[N+]c1c(C)c(N=Nc2ccccc2O)c(=O)n(Cc2ccc(-c3ccccc3)cc2)c1O. The van der Waals surface area contributed by atoms with E-state index in [0.717, 1.165) is 21.3 Å². The molecule has 7 nitrogen and oxygen atoms in total. The van der Waals surface area contributed by atoms with Crippen molar-refractivity contribution in [2.24, 2.45) is 10.2 Å². The molecule has 162 valence electrons. The minimum atomic E-state index is -0.580. The monoisotopic (exact) mass is 436 g/mol. The van der Waals surface area contributed by atoms with Crippen molar-refractivity contribution in [2.45, 2.75) is 13.5 Å². The van der Waals surface area contributed by atoms with E-state index in [0.29, 0.717) is 0 Å². The summed E-state index contributed by atoms with van der Waals surface area (Å²) < 4.78 is 1.11. The van der Waals surface area contributed by atoms with Crippen LogP contribution in [0.5, 0.6) is 11.6 Å². The maximum atomic E-state index is 13.2. The summed E-state index contributed by atoms with van der Waals surface area (Å²) in [6.07, 6.45) is 0. The van der Waals surface area contributed by atoms with Crippen molar-refractivity contribution in [2.75, 3.05) is 0 Å². The summed E-state index contributed by atoms with van der Waals surface area (Å²) in [5, 5.41) is 28.5. The van der Waals surface area contributed by atoms with Crippen molar-refractivity contribution in [3.8, 4) is 22.8 Å². The molecule has 2 N–H and O–H groups in total. The molecule has 33 heavy (non-hydrogen) atoms. The highest BCUT2D eigenvalue weighted by molar-refractivity contribution is 5.68. The van der Waals surface area contributed by atoms with Gasteiger partial charge >= 0.3 is 0 Å². The van der Waals surface area contributed by atoms with Crippen LogP contribution in [-0.4, -0.2) is 14.8 Å². The van der Waals surface area contributed by atoms with Crippen LogP contribution < -0.4 is 5.56 Å². The third kappa shape index (κ3) is 4.36. The number of phenolic OH excluding ortho intramolecular Hbond substituents is 1. The number of benzene rings is 3. The van der Waals surface area contributed by atoms with E-state index in [-0.39, 0.29) is 34.9 Å². The van der Waals surface area contributed by atoms with Crippen LogP contribution in [0.4, 0.5) is 17.1 Å². The number of aromatic hydroxyl groups is 2. The van der Waals surface area contributed by atoms with Gasteiger partial charge in [0.25, 0.3) is 5.56 Å². The van der Waals surface area contributed by atoms with Crippen LogP contribution in [0.3, 0.4) is 0 Å². The van der Waals surface area contributed by atoms with Gasteiger partial charge in [-0.15, -0.1) is 10.2 Å². The first kappa shape index (κ1) is 21.5. The standard InChI is InChI=1S/C26H20N4O3/c1-17-23(27-2)25(32)30(26(33)24(17)29-28-21-10-6-7-11-22(21)31)16-18-12-14-20(15-13-18)19-8-4-3-5-9-19/h3-15,31-32H,16H2,1H3. The Morgan fingerprint density at radius 1 is 0.879 bits per heavy atom. The Morgan fingerprint density at radius 2 is 1.52 bits per heavy atom. The minimum Gasteiger partial charge on any atom is -0.506 e. The number of nitrogens with zero attached hydrogens (tertiary/aromatic N) is 4. The quantitative estimate of drug-likeness (QED) is 0.286. The van der Waals surface area contributed by atoms with Crippen molar-refractivity contribution in [1.29, 1.82) is 0 Å². The molecule has 0 aliphatic rings. The van der Waals surface area contributed by atoms with Gasteiger partial charge in [-0.05, 0) is 41.3 Å². The molecule has 0 saturated heterocycles. The van der Waals surface area contributed by atoms with Crippen molar-refractivity contribution >= 4 is 17.1 Å². The second-order valence-corrected chi connectivity index (χ2v) is 7.40. The van der Waals surface area contributed by atoms with Gasteiger partial charge in [-0.25, -0.2) is 4.85 Å². The predicted octanol–water partition coefficient (Wildman–Crippen LogP) is 6.25. The van der Waals surface area contributed by atoms with Gasteiger partial charge in [-0.1, -0.05) is 66.7 Å². The minimum absolute atomic E-state index is 0.0572. The summed E-state index contributed by atoms with van der Waals surface area (Å²) in [5.41, 5.74) is 2.57. The lowest BCUT2D eigenvalue weighted by atomic mass is 10.0. The molecule has 1 heterocycles. The Balaban J connectivity index is 1.73. The van der Waals surface area contributed by atoms with E-state index in [4.69, 9.17) is 6.57 Å². The molecule has 0 spiro atoms. The third-order valence-electron chi connectivity index (χ3n) is 5.28. The zero-order chi connectivity index (χ0) is 23.4. The maximum Gasteiger partial charge on any atom is 0.279 e. The summed E-state index contributed by atoms with van der Waals surface area (Å²) in [7, 11) is 0. The van der Waals surface area contributed by atoms with Crippen LogP contribution in [0.2, 0.25) is 0 Å². The van der Waals surface area contributed by atoms with E-state index >= 15 is 0 Å². The summed E-state index contributed by atoms with van der Waals surface area (Å²) in [6.45, 7) is 9.05. The first-order valence-electron chi connectivity index (χ1n) is 10.2. The second kappa shape index (κ2) is 9.20. The summed E-state index contributed by atoms with van der Waals surface area (Å²) in [4.78, 5) is 16.6. The molecular formula is C26H20N4O3. The Hall–Kier alpha value is -4.70. The Morgan fingerprint density at radius 3 is 2.18 bits per heavy atom. The molecule has 3 aromatic carbocycles. The van der Waals surface area contributed by atoms with E-state index in [1.165, 1.54) is 13.0 Å². The second-order valence-electron chi connectivity index (χ2n) is 7.40. The van der Waals surface area contributed by atoms with Gasteiger partial charge in [0.2, 0.25) is 5.69 Å². The Kier molecular flexibility index (Phi) is 6.00. The topological polar surface area (TPSA) is 91.5 Å². The molecule has 0 bridgehead atoms. The van der Waals surface area contributed by atoms with Gasteiger partial charge < -0.3 is 10.2 Å². The number of hydrogen-bond donors (Lipinski definition) is 2. The van der Waals surface area contributed by atoms with E-state index in [1.54, 1.807) is 18.2 Å². The highest BCUT2D eigenvalue weighted by atomic mass is 16.3. The van der Waals surface area contributed by atoms with Crippen molar-refractivity contribution in [3.63, 3.8) is 0 Å². The predicted molar refractivity (Wildman–Crippen MR) is 127 cm³/mol. The highest BCUT2D eigenvalue weighted by Gasteiger charge is 2.19. The molecule has 1 aromatic heterocycles. The summed E-state index contributed by atoms with van der Waals surface area (Å²) in [6, 6.07) is 23.9. The fraction of sp³-hybridized carbons (Fsp3) is 0.0769. The van der Waals surface area contributed by atoms with E-state index in [1.807, 2.05) is 54.6 Å². The average Bonchev–Trinajstić information content (AvgIpc) is 2.84. The fourth-order valence-electron chi connectivity index (χ4n) is 3.46.